The summed E-state index contributed by atoms with van der Waals surface area (Å²) in [7, 11) is 0. The topological polar surface area (TPSA) is 51.6 Å². The molecule has 0 amide bonds. The second-order valence-corrected chi connectivity index (χ2v) is 15.4. The molecule has 0 aliphatic rings. The summed E-state index contributed by atoms with van der Waals surface area (Å²) in [5.74, 6) is 0. The number of hydrogen-bond donors (Lipinski definition) is 0. The molecule has 4 heteroatoms. The fourth-order valence-electron chi connectivity index (χ4n) is 8.42. The minimum atomic E-state index is 0.705. The highest BCUT2D eigenvalue weighted by molar-refractivity contribution is 5.98. The van der Waals surface area contributed by atoms with E-state index in [2.05, 4.69) is 194 Å². The average molecular weight is 791 g/mol. The maximum Gasteiger partial charge on any atom is 0.160 e. The van der Waals surface area contributed by atoms with E-state index in [1.165, 1.54) is 0 Å². The number of pyridine rings is 4. The summed E-state index contributed by atoms with van der Waals surface area (Å²) in [6, 6.07) is 80.4. The molecule has 11 aromatic rings. The highest BCUT2D eigenvalue weighted by atomic mass is 14.9. The largest absolute Gasteiger partial charge is 0.227 e. The second-order valence-electron chi connectivity index (χ2n) is 15.4. The van der Waals surface area contributed by atoms with Gasteiger partial charge >= 0.3 is 0 Å². The fourth-order valence-corrected chi connectivity index (χ4v) is 8.42. The van der Waals surface area contributed by atoms with Gasteiger partial charge < -0.3 is 0 Å². The molecule has 4 aromatic heterocycles. The van der Waals surface area contributed by atoms with E-state index in [1.54, 1.807) is 0 Å². The minimum absolute atomic E-state index is 0.705. The third-order valence-corrected chi connectivity index (χ3v) is 11.5. The van der Waals surface area contributed by atoms with Crippen LogP contribution in [0.3, 0.4) is 0 Å². The summed E-state index contributed by atoms with van der Waals surface area (Å²) in [4.78, 5) is 21.3. The van der Waals surface area contributed by atoms with E-state index in [4.69, 9.17) is 19.9 Å². The smallest absolute Gasteiger partial charge is 0.160 e. The lowest BCUT2D eigenvalue weighted by Crippen LogP contribution is -1.98. The summed E-state index contributed by atoms with van der Waals surface area (Å²) in [6.45, 7) is 0. The van der Waals surface area contributed by atoms with Gasteiger partial charge in [0.25, 0.3) is 0 Å². The van der Waals surface area contributed by atoms with Crippen LogP contribution in [0.2, 0.25) is 0 Å². The lowest BCUT2D eigenvalue weighted by Gasteiger charge is -2.16. The number of rotatable bonds is 8. The molecule has 0 spiro atoms. The molecule has 0 atom stereocenters. The maximum atomic E-state index is 5.35. The molecule has 62 heavy (non-hydrogen) atoms. The van der Waals surface area contributed by atoms with Crippen molar-refractivity contribution in [2.24, 2.45) is 0 Å². The molecule has 0 fully saturated rings. The Morgan fingerprint density at radius 2 is 0.387 bits per heavy atom. The van der Waals surface area contributed by atoms with Crippen molar-refractivity contribution in [1.82, 2.24) is 19.9 Å². The zero-order valence-corrected chi connectivity index (χ0v) is 33.7. The van der Waals surface area contributed by atoms with Gasteiger partial charge in [-0.25, -0.2) is 19.9 Å². The van der Waals surface area contributed by atoms with E-state index >= 15 is 0 Å². The van der Waals surface area contributed by atoms with Gasteiger partial charge in [-0.1, -0.05) is 206 Å². The molecule has 11 rings (SSSR count). The van der Waals surface area contributed by atoms with Crippen molar-refractivity contribution in [2.45, 2.75) is 0 Å². The van der Waals surface area contributed by atoms with Gasteiger partial charge in [0.15, 0.2) is 11.3 Å². The van der Waals surface area contributed by atoms with Crippen LogP contribution in [0, 0.1) is 0 Å². The molecule has 7 aromatic carbocycles. The number of fused-ring (bicyclic) bond motifs is 2. The molecular formula is C58H38N4. The molecule has 4 heterocycles. The van der Waals surface area contributed by atoms with Crippen LogP contribution in [0.4, 0.5) is 0 Å². The van der Waals surface area contributed by atoms with Gasteiger partial charge in [-0.15, -0.1) is 0 Å². The molecule has 0 unspecified atom stereocenters. The summed E-state index contributed by atoms with van der Waals surface area (Å²) < 4.78 is 0. The van der Waals surface area contributed by atoms with E-state index < -0.39 is 0 Å². The predicted molar refractivity (Wildman–Crippen MR) is 256 cm³/mol. The van der Waals surface area contributed by atoms with Gasteiger partial charge in [0, 0.05) is 55.3 Å². The van der Waals surface area contributed by atoms with E-state index in [0.717, 1.165) is 100 Å². The molecule has 0 aliphatic carbocycles. The lowest BCUT2D eigenvalue weighted by atomic mass is 9.92. The molecule has 0 bridgehead atoms. The van der Waals surface area contributed by atoms with Gasteiger partial charge in [-0.05, 0) is 46.5 Å². The van der Waals surface area contributed by atoms with Crippen LogP contribution in [0.15, 0.2) is 231 Å². The third kappa shape index (κ3) is 7.00. The highest BCUT2D eigenvalue weighted by Crippen LogP contribution is 2.41. The molecule has 4 nitrogen and oxygen atoms in total. The van der Waals surface area contributed by atoms with E-state index in [9.17, 15) is 0 Å². The average Bonchev–Trinajstić information content (AvgIpc) is 3.36. The zero-order valence-electron chi connectivity index (χ0n) is 33.7. The normalized spacial score (nSPS) is 11.2. The number of benzene rings is 7. The fraction of sp³-hybridized carbons (Fsp3) is 0. The lowest BCUT2D eigenvalue weighted by molar-refractivity contribution is 1.28. The van der Waals surface area contributed by atoms with Gasteiger partial charge in [0.2, 0.25) is 0 Å². The van der Waals surface area contributed by atoms with Crippen LogP contribution in [-0.2, 0) is 0 Å². The van der Waals surface area contributed by atoms with Gasteiger partial charge in [-0.2, -0.15) is 0 Å². The van der Waals surface area contributed by atoms with Gasteiger partial charge in [0.05, 0.1) is 22.8 Å². The first-order valence-electron chi connectivity index (χ1n) is 20.9. The van der Waals surface area contributed by atoms with Gasteiger partial charge in [-0.3, -0.25) is 0 Å². The molecular weight excluding hydrogens is 753 g/mol. The first-order valence-corrected chi connectivity index (χ1v) is 20.9. The standard InChI is InChI=1S/C58H38N4/c1-7-19-39(20-8-1)49-35-47-37-51(55(45-27-15-5-16-28-45)61-57(47)59-53(49)43-23-11-3-12-24-43)41-31-33-42(34-32-41)52-38-48-36-50(40-21-9-2-10-22-40)54(44-25-13-4-14-26-44)60-58(48)62-56(52)46-29-17-6-18-30-46/h1-38H. The van der Waals surface area contributed by atoms with E-state index in [1.807, 2.05) is 36.4 Å². The number of hydrogen-bond acceptors (Lipinski definition) is 4. The van der Waals surface area contributed by atoms with Crippen molar-refractivity contribution in [1.29, 1.82) is 0 Å². The predicted octanol–water partition coefficient (Wildman–Crippen LogP) is 14.9. The SMILES string of the molecule is c1ccc(-c2cc3cc(-c4ccc(-c5cc6cc(-c7ccccc7)c(-c7ccccc7)nc6nc5-c5ccccc5)cc4)c(-c4ccccc4)nc3nc2-c2ccccc2)cc1. The Labute approximate surface area is 360 Å². The van der Waals surface area contributed by atoms with Crippen molar-refractivity contribution < 1.29 is 0 Å². The summed E-state index contributed by atoms with van der Waals surface area (Å²) >= 11 is 0. The molecule has 0 aliphatic heterocycles. The van der Waals surface area contributed by atoms with Crippen LogP contribution in [0.1, 0.15) is 0 Å². The second kappa shape index (κ2) is 16.0. The molecule has 0 N–H and O–H groups in total. The monoisotopic (exact) mass is 790 g/mol. The van der Waals surface area contributed by atoms with Crippen LogP contribution in [0.25, 0.3) is 112 Å². The Bertz CT molecular complexity index is 3110. The van der Waals surface area contributed by atoms with Crippen LogP contribution >= 0.6 is 0 Å². The minimum Gasteiger partial charge on any atom is -0.227 e. The number of aromatic nitrogens is 4. The Kier molecular flexibility index (Phi) is 9.49. The number of nitrogens with zero attached hydrogens (tertiary/aromatic N) is 4. The first-order chi connectivity index (χ1) is 30.7. The molecule has 0 radical (unpaired) electrons. The van der Waals surface area contributed by atoms with Crippen LogP contribution in [0.5, 0.6) is 0 Å². The Morgan fingerprint density at radius 3 is 0.613 bits per heavy atom. The summed E-state index contributed by atoms with van der Waals surface area (Å²) in [6.07, 6.45) is 0. The maximum absolute atomic E-state index is 5.35. The van der Waals surface area contributed by atoms with Gasteiger partial charge in [0.1, 0.15) is 0 Å². The molecule has 0 saturated heterocycles. The Hall–Kier alpha value is -8.34. The Morgan fingerprint density at radius 1 is 0.194 bits per heavy atom. The quantitative estimate of drug-likeness (QED) is 0.154. The first kappa shape index (κ1) is 36.7. The van der Waals surface area contributed by atoms with Crippen LogP contribution in [-0.4, -0.2) is 19.9 Å². The zero-order chi connectivity index (χ0) is 41.2. The molecule has 0 saturated carbocycles. The van der Waals surface area contributed by atoms with E-state index in [-0.39, 0.29) is 0 Å². The molecule has 290 valence electrons. The highest BCUT2D eigenvalue weighted by Gasteiger charge is 2.19. The van der Waals surface area contributed by atoms with Crippen molar-refractivity contribution in [3.63, 3.8) is 0 Å². The van der Waals surface area contributed by atoms with Crippen LogP contribution < -0.4 is 0 Å². The third-order valence-electron chi connectivity index (χ3n) is 11.5. The van der Waals surface area contributed by atoms with Crippen molar-refractivity contribution in [3.8, 4) is 89.5 Å². The Balaban J connectivity index is 1.08. The summed E-state index contributed by atoms with van der Waals surface area (Å²) in [5, 5.41) is 1.95. The van der Waals surface area contributed by atoms with Crippen molar-refractivity contribution in [2.75, 3.05) is 0 Å². The van der Waals surface area contributed by atoms with Crippen molar-refractivity contribution >= 4 is 22.1 Å². The van der Waals surface area contributed by atoms with E-state index in [0.29, 0.717) is 11.3 Å². The summed E-state index contributed by atoms with van der Waals surface area (Å²) in [5.41, 5.74) is 17.7. The van der Waals surface area contributed by atoms with Crippen molar-refractivity contribution in [3.05, 3.63) is 231 Å².